The molecule has 94 valence electrons. The number of carboxylic acid groups (broad SMARTS) is 1. The van der Waals surface area contributed by atoms with E-state index in [4.69, 9.17) is 15.6 Å². The van der Waals surface area contributed by atoms with Gasteiger partial charge in [0.15, 0.2) is 0 Å². The summed E-state index contributed by atoms with van der Waals surface area (Å²) in [6.45, 7) is 6.79. The Morgan fingerprint density at radius 1 is 1.41 bits per heavy atom. The molecule has 1 rings (SSSR count). The van der Waals surface area contributed by atoms with E-state index in [1.807, 2.05) is 0 Å². The highest BCUT2D eigenvalue weighted by Crippen LogP contribution is 2.24. The van der Waals surface area contributed by atoms with E-state index < -0.39 is 5.97 Å². The molecule has 0 spiro atoms. The average molecular weight is 237 g/mol. The molecule has 0 saturated carbocycles. The van der Waals surface area contributed by atoms with Crippen LogP contribution in [0.2, 0.25) is 0 Å². The maximum Gasteiger partial charge on any atom is 0.339 e. The van der Waals surface area contributed by atoms with Crippen molar-refractivity contribution in [2.24, 2.45) is 5.41 Å². The number of nitrogens with two attached hydrogens (primary N) is 1. The minimum Gasteiger partial charge on any atom is -0.493 e. The van der Waals surface area contributed by atoms with E-state index in [-0.39, 0.29) is 11.0 Å². The standard InChI is InChI=1S/C13H19NO3/c1-13(2,3)6-7-17-11-8-9(14)4-5-10(11)12(15)16/h4-5,8H,6-7,14H2,1-3H3,(H,15,16). The molecular weight excluding hydrogens is 218 g/mol. The first-order chi connectivity index (χ1) is 7.79. The molecule has 0 aliphatic heterocycles. The Labute approximate surface area is 101 Å². The van der Waals surface area contributed by atoms with Crippen molar-refractivity contribution >= 4 is 11.7 Å². The molecule has 3 N–H and O–H groups in total. The number of hydrogen-bond acceptors (Lipinski definition) is 3. The average Bonchev–Trinajstić information content (AvgIpc) is 2.15. The predicted octanol–water partition coefficient (Wildman–Crippen LogP) is 2.78. The summed E-state index contributed by atoms with van der Waals surface area (Å²) < 4.78 is 5.49. The molecule has 0 atom stereocenters. The van der Waals surface area contributed by atoms with Gasteiger partial charge < -0.3 is 15.6 Å². The Kier molecular flexibility index (Phi) is 3.99. The van der Waals surface area contributed by atoms with Gasteiger partial charge in [-0.3, -0.25) is 0 Å². The monoisotopic (exact) mass is 237 g/mol. The molecule has 0 aliphatic carbocycles. The van der Waals surface area contributed by atoms with Crippen LogP contribution in [0.25, 0.3) is 0 Å². The van der Waals surface area contributed by atoms with Crippen LogP contribution in [-0.4, -0.2) is 17.7 Å². The lowest BCUT2D eigenvalue weighted by molar-refractivity contribution is 0.0692. The zero-order valence-electron chi connectivity index (χ0n) is 10.5. The molecule has 1 aromatic carbocycles. The van der Waals surface area contributed by atoms with Crippen LogP contribution in [0.4, 0.5) is 5.69 Å². The molecule has 0 aromatic heterocycles. The van der Waals surface area contributed by atoms with Crippen molar-refractivity contribution in [2.75, 3.05) is 12.3 Å². The Bertz CT molecular complexity index is 408. The molecule has 1 aromatic rings. The number of carbonyl (C=O) groups is 1. The quantitative estimate of drug-likeness (QED) is 0.790. The predicted molar refractivity (Wildman–Crippen MR) is 67.4 cm³/mol. The van der Waals surface area contributed by atoms with Gasteiger partial charge >= 0.3 is 5.97 Å². The molecule has 0 aliphatic rings. The molecule has 0 heterocycles. The van der Waals surface area contributed by atoms with Crippen molar-refractivity contribution in [3.05, 3.63) is 23.8 Å². The molecule has 0 radical (unpaired) electrons. The van der Waals surface area contributed by atoms with Crippen LogP contribution in [0.1, 0.15) is 37.6 Å². The van der Waals surface area contributed by atoms with Gasteiger partial charge in [-0.05, 0) is 24.0 Å². The van der Waals surface area contributed by atoms with Gasteiger partial charge in [0.05, 0.1) is 6.61 Å². The third-order valence-electron chi connectivity index (χ3n) is 2.35. The summed E-state index contributed by atoms with van der Waals surface area (Å²) in [5, 5.41) is 8.99. The fourth-order valence-electron chi connectivity index (χ4n) is 1.30. The zero-order valence-corrected chi connectivity index (χ0v) is 10.5. The number of hydrogen-bond donors (Lipinski definition) is 2. The normalized spacial score (nSPS) is 11.2. The van der Waals surface area contributed by atoms with Gasteiger partial charge in [0.1, 0.15) is 11.3 Å². The Balaban J connectivity index is 2.75. The van der Waals surface area contributed by atoms with Crippen molar-refractivity contribution in [1.29, 1.82) is 0 Å². The van der Waals surface area contributed by atoms with Crippen LogP contribution >= 0.6 is 0 Å². The first-order valence-corrected chi connectivity index (χ1v) is 5.55. The van der Waals surface area contributed by atoms with Gasteiger partial charge in [0, 0.05) is 11.8 Å². The Hall–Kier alpha value is -1.71. The highest BCUT2D eigenvalue weighted by atomic mass is 16.5. The fourth-order valence-corrected chi connectivity index (χ4v) is 1.30. The van der Waals surface area contributed by atoms with Gasteiger partial charge in [-0.2, -0.15) is 0 Å². The van der Waals surface area contributed by atoms with E-state index in [0.717, 1.165) is 6.42 Å². The molecule has 0 amide bonds. The largest absolute Gasteiger partial charge is 0.493 e. The molecular formula is C13H19NO3. The molecule has 0 saturated heterocycles. The Morgan fingerprint density at radius 2 is 2.06 bits per heavy atom. The SMILES string of the molecule is CC(C)(C)CCOc1cc(N)ccc1C(=O)O. The number of anilines is 1. The highest BCUT2D eigenvalue weighted by molar-refractivity contribution is 5.91. The van der Waals surface area contributed by atoms with Crippen molar-refractivity contribution in [3.63, 3.8) is 0 Å². The maximum absolute atomic E-state index is 11.0. The second-order valence-electron chi connectivity index (χ2n) is 5.22. The van der Waals surface area contributed by atoms with Crippen molar-refractivity contribution in [3.8, 4) is 5.75 Å². The second-order valence-corrected chi connectivity index (χ2v) is 5.22. The third kappa shape index (κ3) is 4.34. The van der Waals surface area contributed by atoms with E-state index in [9.17, 15) is 4.79 Å². The molecule has 0 unspecified atom stereocenters. The fraction of sp³-hybridized carbons (Fsp3) is 0.462. The summed E-state index contributed by atoms with van der Waals surface area (Å²) in [7, 11) is 0. The summed E-state index contributed by atoms with van der Waals surface area (Å²) in [4.78, 5) is 11.0. The summed E-state index contributed by atoms with van der Waals surface area (Å²) in [6.07, 6.45) is 0.848. The minimum absolute atomic E-state index is 0.146. The topological polar surface area (TPSA) is 72.5 Å². The number of nitrogen functional groups attached to an aromatic ring is 1. The number of rotatable bonds is 4. The van der Waals surface area contributed by atoms with Crippen LogP contribution in [-0.2, 0) is 0 Å². The van der Waals surface area contributed by atoms with E-state index in [0.29, 0.717) is 18.0 Å². The third-order valence-corrected chi connectivity index (χ3v) is 2.35. The van der Waals surface area contributed by atoms with Gasteiger partial charge in [0.25, 0.3) is 0 Å². The van der Waals surface area contributed by atoms with E-state index in [1.165, 1.54) is 6.07 Å². The summed E-state index contributed by atoms with van der Waals surface area (Å²) in [5.74, 6) is -0.669. The summed E-state index contributed by atoms with van der Waals surface area (Å²) in [6, 6.07) is 4.57. The van der Waals surface area contributed by atoms with Crippen molar-refractivity contribution < 1.29 is 14.6 Å². The molecule has 0 bridgehead atoms. The number of carboxylic acids is 1. The molecule has 4 heteroatoms. The number of aromatic carboxylic acids is 1. The van der Waals surface area contributed by atoms with Crippen molar-refractivity contribution in [1.82, 2.24) is 0 Å². The van der Waals surface area contributed by atoms with Gasteiger partial charge in [-0.1, -0.05) is 20.8 Å². The molecule has 17 heavy (non-hydrogen) atoms. The van der Waals surface area contributed by atoms with Crippen LogP contribution < -0.4 is 10.5 Å². The van der Waals surface area contributed by atoms with E-state index in [1.54, 1.807) is 12.1 Å². The second kappa shape index (κ2) is 5.08. The van der Waals surface area contributed by atoms with Gasteiger partial charge in [-0.25, -0.2) is 4.79 Å². The summed E-state index contributed by atoms with van der Waals surface area (Å²) in [5.41, 5.74) is 6.42. The minimum atomic E-state index is -1.00. The van der Waals surface area contributed by atoms with Crippen molar-refractivity contribution in [2.45, 2.75) is 27.2 Å². The lowest BCUT2D eigenvalue weighted by Gasteiger charge is -2.18. The van der Waals surface area contributed by atoms with Gasteiger partial charge in [-0.15, -0.1) is 0 Å². The van der Waals surface area contributed by atoms with E-state index >= 15 is 0 Å². The molecule has 0 fully saturated rings. The van der Waals surface area contributed by atoms with E-state index in [2.05, 4.69) is 20.8 Å². The lowest BCUT2D eigenvalue weighted by atomic mass is 9.93. The van der Waals surface area contributed by atoms with Crippen LogP contribution in [0.3, 0.4) is 0 Å². The zero-order chi connectivity index (χ0) is 13.1. The lowest BCUT2D eigenvalue weighted by Crippen LogP contribution is -2.12. The highest BCUT2D eigenvalue weighted by Gasteiger charge is 2.14. The Morgan fingerprint density at radius 3 is 2.59 bits per heavy atom. The van der Waals surface area contributed by atoms with Crippen LogP contribution in [0.15, 0.2) is 18.2 Å². The first-order valence-electron chi connectivity index (χ1n) is 5.55. The van der Waals surface area contributed by atoms with Crippen LogP contribution in [0.5, 0.6) is 5.75 Å². The van der Waals surface area contributed by atoms with Gasteiger partial charge in [0.2, 0.25) is 0 Å². The summed E-state index contributed by atoms with van der Waals surface area (Å²) >= 11 is 0. The van der Waals surface area contributed by atoms with Crippen LogP contribution in [0, 0.1) is 5.41 Å². The first kappa shape index (κ1) is 13.4. The smallest absolute Gasteiger partial charge is 0.339 e. The number of ether oxygens (including phenoxy) is 1. The molecule has 4 nitrogen and oxygen atoms in total. The number of benzene rings is 1. The maximum atomic E-state index is 11.0.